The lowest BCUT2D eigenvalue weighted by atomic mass is 10.3. The summed E-state index contributed by atoms with van der Waals surface area (Å²) in [6.45, 7) is 0. The molecule has 1 aromatic heterocycles. The van der Waals surface area contributed by atoms with Crippen LogP contribution in [0.4, 0.5) is 5.69 Å². The van der Waals surface area contributed by atoms with Crippen molar-refractivity contribution in [2.75, 3.05) is 5.32 Å². The number of hydrogen-bond acceptors (Lipinski definition) is 2. The van der Waals surface area contributed by atoms with Crippen LogP contribution in [-0.2, 0) is 0 Å². The summed E-state index contributed by atoms with van der Waals surface area (Å²) < 4.78 is 0.801. The predicted molar refractivity (Wildman–Crippen MR) is 76.4 cm³/mol. The summed E-state index contributed by atoms with van der Waals surface area (Å²) in [4.78, 5) is 15.9. The number of halogens is 3. The van der Waals surface area contributed by atoms with Crippen molar-refractivity contribution in [2.45, 2.75) is 0 Å². The van der Waals surface area contributed by atoms with Crippen molar-refractivity contribution in [3.63, 3.8) is 0 Å². The van der Waals surface area contributed by atoms with Gasteiger partial charge in [0.2, 0.25) is 0 Å². The zero-order valence-corrected chi connectivity index (χ0v) is 12.1. The summed E-state index contributed by atoms with van der Waals surface area (Å²) >= 11 is 15.2. The smallest absolute Gasteiger partial charge is 0.274 e. The highest BCUT2D eigenvalue weighted by atomic mass is 79.9. The molecule has 0 unspecified atom stereocenters. The highest BCUT2D eigenvalue weighted by Crippen LogP contribution is 2.30. The van der Waals surface area contributed by atoms with E-state index in [0.29, 0.717) is 15.7 Å². The van der Waals surface area contributed by atoms with Crippen LogP contribution in [0.2, 0.25) is 10.0 Å². The van der Waals surface area contributed by atoms with E-state index in [1.165, 1.54) is 0 Å². The van der Waals surface area contributed by atoms with Crippen molar-refractivity contribution in [1.29, 1.82) is 0 Å². The van der Waals surface area contributed by atoms with Gasteiger partial charge in [0, 0.05) is 10.7 Å². The summed E-state index contributed by atoms with van der Waals surface area (Å²) in [5, 5.41) is 3.40. The number of hydrogen-bond donors (Lipinski definition) is 1. The largest absolute Gasteiger partial charge is 0.318 e. The van der Waals surface area contributed by atoms with E-state index in [-0.39, 0.29) is 11.6 Å². The summed E-state index contributed by atoms with van der Waals surface area (Å²) in [7, 11) is 0. The van der Waals surface area contributed by atoms with Crippen LogP contribution in [0, 0.1) is 0 Å². The number of rotatable bonds is 2. The molecule has 18 heavy (non-hydrogen) atoms. The van der Waals surface area contributed by atoms with Gasteiger partial charge in [-0.2, -0.15) is 0 Å². The van der Waals surface area contributed by atoms with Gasteiger partial charge in [0.05, 0.1) is 15.7 Å². The Hall–Kier alpha value is -1.10. The van der Waals surface area contributed by atoms with Gasteiger partial charge >= 0.3 is 0 Å². The molecule has 6 heteroatoms. The molecule has 2 rings (SSSR count). The van der Waals surface area contributed by atoms with Gasteiger partial charge in [0.1, 0.15) is 5.69 Å². The zero-order valence-electron chi connectivity index (χ0n) is 8.95. The van der Waals surface area contributed by atoms with Gasteiger partial charge in [-0.05, 0) is 40.2 Å². The van der Waals surface area contributed by atoms with Gasteiger partial charge in [-0.25, -0.2) is 4.98 Å². The Morgan fingerprint density at radius 1 is 1.17 bits per heavy atom. The number of nitrogens with zero attached hydrogens (tertiary/aromatic N) is 1. The van der Waals surface area contributed by atoms with Crippen molar-refractivity contribution >= 4 is 50.7 Å². The first-order valence-electron chi connectivity index (χ1n) is 4.95. The number of benzene rings is 1. The highest BCUT2D eigenvalue weighted by Gasteiger charge is 2.12. The molecule has 1 amide bonds. The molecule has 0 aliphatic carbocycles. The molecule has 0 spiro atoms. The van der Waals surface area contributed by atoms with E-state index in [2.05, 4.69) is 26.2 Å². The van der Waals surface area contributed by atoms with Crippen LogP contribution in [-0.4, -0.2) is 10.9 Å². The molecule has 0 radical (unpaired) electrons. The maximum absolute atomic E-state index is 11.9. The van der Waals surface area contributed by atoms with Crippen LogP contribution >= 0.6 is 39.1 Å². The van der Waals surface area contributed by atoms with Crippen molar-refractivity contribution in [2.24, 2.45) is 0 Å². The number of anilines is 1. The lowest BCUT2D eigenvalue weighted by molar-refractivity contribution is 0.102. The third-order valence-electron chi connectivity index (χ3n) is 2.16. The average Bonchev–Trinajstić information content (AvgIpc) is 2.34. The molecule has 1 aromatic carbocycles. The molecular weight excluding hydrogens is 339 g/mol. The first-order chi connectivity index (χ1) is 8.58. The summed E-state index contributed by atoms with van der Waals surface area (Å²) in [6.07, 6.45) is 1.54. The second-order valence-electron chi connectivity index (χ2n) is 3.41. The Balaban J connectivity index is 2.24. The van der Waals surface area contributed by atoms with Crippen molar-refractivity contribution in [3.8, 4) is 0 Å². The first kappa shape index (κ1) is 13.3. The minimum Gasteiger partial charge on any atom is -0.318 e. The monoisotopic (exact) mass is 344 g/mol. The third-order valence-corrected chi connectivity index (χ3v) is 3.26. The fourth-order valence-corrected chi connectivity index (χ4v) is 2.03. The van der Waals surface area contributed by atoms with Crippen molar-refractivity contribution in [1.82, 2.24) is 4.98 Å². The maximum atomic E-state index is 11.9. The average molecular weight is 346 g/mol. The van der Waals surface area contributed by atoms with Gasteiger partial charge in [0.15, 0.2) is 0 Å². The van der Waals surface area contributed by atoms with E-state index >= 15 is 0 Å². The van der Waals surface area contributed by atoms with Crippen molar-refractivity contribution < 1.29 is 4.79 Å². The number of pyridine rings is 1. The summed E-state index contributed by atoms with van der Waals surface area (Å²) in [6, 6.07) is 8.34. The highest BCUT2D eigenvalue weighted by molar-refractivity contribution is 9.10. The van der Waals surface area contributed by atoms with E-state index < -0.39 is 0 Å². The molecule has 0 aliphatic heterocycles. The number of aromatic nitrogens is 1. The molecule has 1 heterocycles. The minimum absolute atomic E-state index is 0.286. The molecule has 0 aliphatic rings. The Bertz CT molecular complexity index is 567. The molecule has 0 fully saturated rings. The van der Waals surface area contributed by atoms with Gasteiger partial charge in [0.25, 0.3) is 5.91 Å². The molecule has 92 valence electrons. The Kier molecular flexibility index (Phi) is 4.22. The van der Waals surface area contributed by atoms with E-state index in [4.69, 9.17) is 23.2 Å². The van der Waals surface area contributed by atoms with Crippen LogP contribution in [0.5, 0.6) is 0 Å². The second-order valence-corrected chi connectivity index (χ2v) is 5.14. The van der Waals surface area contributed by atoms with E-state index in [9.17, 15) is 4.79 Å². The number of amides is 1. The van der Waals surface area contributed by atoms with E-state index in [1.807, 2.05) is 0 Å². The lowest BCUT2D eigenvalue weighted by Gasteiger charge is -2.08. The number of carbonyl (C=O) groups excluding carboxylic acids is 1. The van der Waals surface area contributed by atoms with Gasteiger partial charge in [-0.3, -0.25) is 4.79 Å². The molecule has 1 N–H and O–H groups in total. The molecule has 0 saturated heterocycles. The van der Waals surface area contributed by atoms with Crippen LogP contribution < -0.4 is 5.32 Å². The Morgan fingerprint density at radius 2 is 1.83 bits per heavy atom. The van der Waals surface area contributed by atoms with Gasteiger partial charge in [-0.1, -0.05) is 29.3 Å². The normalized spacial score (nSPS) is 10.2. The van der Waals surface area contributed by atoms with Crippen LogP contribution in [0.3, 0.4) is 0 Å². The topological polar surface area (TPSA) is 42.0 Å². The fraction of sp³-hybridized carbons (Fsp3) is 0. The fourth-order valence-electron chi connectivity index (χ4n) is 1.30. The minimum atomic E-state index is -0.363. The maximum Gasteiger partial charge on any atom is 0.274 e. The van der Waals surface area contributed by atoms with E-state index in [0.717, 1.165) is 4.47 Å². The third kappa shape index (κ3) is 3.02. The van der Waals surface area contributed by atoms with Gasteiger partial charge in [-0.15, -0.1) is 0 Å². The molecular formula is C12H7BrCl2N2O. The van der Waals surface area contributed by atoms with Gasteiger partial charge < -0.3 is 5.32 Å². The molecule has 3 nitrogen and oxygen atoms in total. The zero-order chi connectivity index (χ0) is 13.1. The second kappa shape index (κ2) is 5.69. The summed E-state index contributed by atoms with van der Waals surface area (Å²) in [5.41, 5.74) is 0.671. The molecule has 0 atom stereocenters. The van der Waals surface area contributed by atoms with Crippen LogP contribution in [0.25, 0.3) is 0 Å². The van der Waals surface area contributed by atoms with Crippen molar-refractivity contribution in [3.05, 3.63) is 56.7 Å². The summed E-state index contributed by atoms with van der Waals surface area (Å²) in [5.74, 6) is -0.363. The van der Waals surface area contributed by atoms with Crippen LogP contribution in [0.15, 0.2) is 41.0 Å². The number of para-hydroxylation sites is 1. The Labute approximate surface area is 122 Å². The quantitative estimate of drug-likeness (QED) is 0.876. The molecule has 0 bridgehead atoms. The first-order valence-corrected chi connectivity index (χ1v) is 6.50. The number of carbonyl (C=O) groups is 1. The van der Waals surface area contributed by atoms with Crippen LogP contribution in [0.1, 0.15) is 10.5 Å². The molecule has 0 saturated carbocycles. The number of nitrogens with one attached hydrogen (secondary N) is 1. The lowest BCUT2D eigenvalue weighted by Crippen LogP contribution is -2.14. The SMILES string of the molecule is O=C(Nc1c(Cl)cccc1Cl)c1ccc(Br)cn1. The molecule has 2 aromatic rings. The van der Waals surface area contributed by atoms with E-state index in [1.54, 1.807) is 36.5 Å². The standard InChI is InChI=1S/C12H7BrCl2N2O/c13-7-4-5-10(16-6-7)12(18)17-11-8(14)2-1-3-9(11)15/h1-6H,(H,17,18). The Morgan fingerprint density at radius 3 is 2.39 bits per heavy atom. The predicted octanol–water partition coefficient (Wildman–Crippen LogP) is 4.40.